The highest BCUT2D eigenvalue weighted by molar-refractivity contribution is 6.07. The number of nitrogens with zero attached hydrogens (tertiary/aromatic N) is 3. The van der Waals surface area contributed by atoms with E-state index in [0.717, 1.165) is 13.1 Å². The molecule has 3 heterocycles. The number of carbonyl (C=O) groups excluding carboxylic acids is 3. The van der Waals surface area contributed by atoms with Crippen LogP contribution in [0.4, 0.5) is 4.79 Å². The number of likely N-dealkylation sites (N-methyl/N-ethyl adjacent to an activating group) is 1. The topological polar surface area (TPSA) is 73.0 Å². The molecule has 3 saturated heterocycles. The van der Waals surface area contributed by atoms with Gasteiger partial charge in [0, 0.05) is 57.5 Å². The minimum atomic E-state index is -0.791. The van der Waals surface area contributed by atoms with Crippen molar-refractivity contribution in [2.24, 2.45) is 11.3 Å². The van der Waals surface area contributed by atoms with Gasteiger partial charge in [-0.2, -0.15) is 0 Å². The highest BCUT2D eigenvalue weighted by Gasteiger charge is 2.58. The van der Waals surface area contributed by atoms with Gasteiger partial charge in [0.2, 0.25) is 0 Å². The van der Waals surface area contributed by atoms with Crippen LogP contribution in [0, 0.1) is 11.3 Å². The summed E-state index contributed by atoms with van der Waals surface area (Å²) in [7, 11) is 1.59. The van der Waals surface area contributed by atoms with Gasteiger partial charge in [0.05, 0.1) is 6.04 Å². The molecule has 0 saturated carbocycles. The van der Waals surface area contributed by atoms with Crippen LogP contribution < -0.4 is 5.32 Å². The summed E-state index contributed by atoms with van der Waals surface area (Å²) in [5, 5.41) is 3.55. The SMILES string of the molecule is CC(C)N1C(=O)N(C)C(=O)C12CCN(C(C(=O)CC(C)(C)C)C1CNCC1c1ccccc1)CC2.Cl. The Morgan fingerprint density at radius 1 is 1.08 bits per heavy atom. The van der Waals surface area contributed by atoms with E-state index in [1.54, 1.807) is 11.9 Å². The molecular formula is C28H43ClN4O3. The predicted octanol–water partition coefficient (Wildman–Crippen LogP) is 3.92. The second-order valence-electron chi connectivity index (χ2n) is 12.2. The van der Waals surface area contributed by atoms with Crippen molar-refractivity contribution in [1.29, 1.82) is 0 Å². The number of halogens is 1. The highest BCUT2D eigenvalue weighted by atomic mass is 35.5. The van der Waals surface area contributed by atoms with Gasteiger partial charge in [0.15, 0.2) is 5.78 Å². The zero-order valence-corrected chi connectivity index (χ0v) is 23.4. The van der Waals surface area contributed by atoms with E-state index in [9.17, 15) is 14.4 Å². The van der Waals surface area contributed by atoms with Crippen molar-refractivity contribution in [2.75, 3.05) is 33.2 Å². The van der Waals surface area contributed by atoms with E-state index in [1.807, 2.05) is 19.9 Å². The quantitative estimate of drug-likeness (QED) is 0.578. The lowest BCUT2D eigenvalue weighted by Crippen LogP contribution is -2.61. The van der Waals surface area contributed by atoms with E-state index < -0.39 is 5.54 Å². The number of likely N-dealkylation sites (tertiary alicyclic amines) is 1. The Kier molecular flexibility index (Phi) is 8.58. The zero-order chi connectivity index (χ0) is 25.5. The number of nitrogens with one attached hydrogen (secondary N) is 1. The average Bonchev–Trinajstić information content (AvgIpc) is 3.33. The molecule has 1 N–H and O–H groups in total. The number of Topliss-reactive ketones (excluding diaryl/α,β-unsaturated/α-hetero) is 1. The molecule has 3 aliphatic rings. The smallest absolute Gasteiger partial charge is 0.316 e. The van der Waals surface area contributed by atoms with Crippen molar-refractivity contribution in [3.8, 4) is 0 Å². The lowest BCUT2D eigenvalue weighted by atomic mass is 9.76. The van der Waals surface area contributed by atoms with E-state index in [0.29, 0.717) is 32.4 Å². The van der Waals surface area contributed by atoms with Gasteiger partial charge in [-0.3, -0.25) is 19.4 Å². The van der Waals surface area contributed by atoms with Crippen molar-refractivity contribution in [1.82, 2.24) is 20.0 Å². The summed E-state index contributed by atoms with van der Waals surface area (Å²) in [5.41, 5.74) is 0.390. The van der Waals surface area contributed by atoms with Crippen molar-refractivity contribution in [3.63, 3.8) is 0 Å². The number of amides is 3. The number of urea groups is 1. The van der Waals surface area contributed by atoms with Crippen molar-refractivity contribution in [3.05, 3.63) is 35.9 Å². The maximum absolute atomic E-state index is 13.9. The van der Waals surface area contributed by atoms with E-state index in [4.69, 9.17) is 0 Å². The molecule has 3 aliphatic heterocycles. The molecule has 3 fully saturated rings. The Balaban J connectivity index is 0.00000361. The number of imide groups is 1. The number of carbonyl (C=O) groups is 3. The van der Waals surface area contributed by atoms with Gasteiger partial charge in [0.1, 0.15) is 5.54 Å². The molecule has 200 valence electrons. The first kappa shape index (κ1) is 28.6. The van der Waals surface area contributed by atoms with Crippen molar-refractivity contribution < 1.29 is 14.4 Å². The maximum atomic E-state index is 13.9. The second-order valence-corrected chi connectivity index (χ2v) is 12.2. The first-order valence-electron chi connectivity index (χ1n) is 13.1. The van der Waals surface area contributed by atoms with Crippen LogP contribution >= 0.6 is 12.4 Å². The van der Waals surface area contributed by atoms with Crippen LogP contribution in [-0.4, -0.2) is 83.3 Å². The fraction of sp³-hybridized carbons (Fsp3) is 0.679. The average molecular weight is 519 g/mol. The monoisotopic (exact) mass is 518 g/mol. The van der Waals surface area contributed by atoms with E-state index >= 15 is 0 Å². The minimum Gasteiger partial charge on any atom is -0.316 e. The van der Waals surface area contributed by atoms with Crippen LogP contribution in [0.25, 0.3) is 0 Å². The van der Waals surface area contributed by atoms with Crippen molar-refractivity contribution >= 4 is 30.1 Å². The van der Waals surface area contributed by atoms with E-state index in [-0.39, 0.29) is 59.5 Å². The largest absolute Gasteiger partial charge is 0.327 e. The summed E-state index contributed by atoms with van der Waals surface area (Å²) >= 11 is 0. The molecule has 0 bridgehead atoms. The Bertz CT molecular complexity index is 953. The summed E-state index contributed by atoms with van der Waals surface area (Å²) in [6.07, 6.45) is 1.65. The molecule has 0 aromatic heterocycles. The minimum absolute atomic E-state index is 0. The summed E-state index contributed by atoms with van der Waals surface area (Å²) < 4.78 is 0. The Hall–Kier alpha value is -1.96. The molecule has 1 aromatic rings. The molecule has 3 unspecified atom stereocenters. The van der Waals surface area contributed by atoms with Gasteiger partial charge in [-0.1, -0.05) is 51.1 Å². The fourth-order valence-corrected chi connectivity index (χ4v) is 6.63. The number of rotatable bonds is 6. The Morgan fingerprint density at radius 3 is 2.25 bits per heavy atom. The molecule has 7 nitrogen and oxygen atoms in total. The number of hydrogen-bond acceptors (Lipinski definition) is 5. The van der Waals surface area contributed by atoms with Crippen LogP contribution in [0.1, 0.15) is 65.4 Å². The molecular weight excluding hydrogens is 476 g/mol. The molecule has 8 heteroatoms. The van der Waals surface area contributed by atoms with Gasteiger partial charge in [-0.15, -0.1) is 12.4 Å². The van der Waals surface area contributed by atoms with Gasteiger partial charge in [-0.25, -0.2) is 4.79 Å². The first-order valence-corrected chi connectivity index (χ1v) is 13.1. The predicted molar refractivity (Wildman–Crippen MR) is 144 cm³/mol. The summed E-state index contributed by atoms with van der Waals surface area (Å²) in [4.78, 5) is 45.4. The maximum Gasteiger partial charge on any atom is 0.327 e. The number of hydrogen-bond donors (Lipinski definition) is 1. The molecule has 0 aliphatic carbocycles. The molecule has 0 radical (unpaired) electrons. The number of ketones is 1. The first-order chi connectivity index (χ1) is 16.5. The van der Waals surface area contributed by atoms with Gasteiger partial charge < -0.3 is 10.2 Å². The number of benzene rings is 1. The molecule has 3 atom stereocenters. The van der Waals surface area contributed by atoms with E-state index in [2.05, 4.69) is 55.3 Å². The summed E-state index contributed by atoms with van der Waals surface area (Å²) in [5.74, 6) is 0.632. The standard InChI is InChI=1S/C28H42N4O3.ClH/c1-19(2)32-26(35)30(6)25(34)28(32)12-14-31(15-13-28)24(23(33)16-27(3,4)5)22-18-29-17-21(22)20-10-8-7-9-11-20;/h7-11,19,21-22,24,29H,12-18H2,1-6H3;1H. The number of piperidine rings is 1. The zero-order valence-electron chi connectivity index (χ0n) is 22.6. The van der Waals surface area contributed by atoms with Gasteiger partial charge >= 0.3 is 6.03 Å². The van der Waals surface area contributed by atoms with Gasteiger partial charge in [0.25, 0.3) is 5.91 Å². The molecule has 36 heavy (non-hydrogen) atoms. The van der Waals surface area contributed by atoms with Crippen LogP contribution in [0.3, 0.4) is 0 Å². The van der Waals surface area contributed by atoms with Crippen LogP contribution in [-0.2, 0) is 9.59 Å². The molecule has 1 aromatic carbocycles. The third-order valence-corrected chi connectivity index (χ3v) is 8.12. The Labute approximate surface area is 222 Å². The van der Waals surface area contributed by atoms with Crippen LogP contribution in [0.5, 0.6) is 0 Å². The van der Waals surface area contributed by atoms with Crippen molar-refractivity contribution in [2.45, 2.75) is 77.4 Å². The lowest BCUT2D eigenvalue weighted by Gasteiger charge is -2.47. The molecule has 3 amide bonds. The highest BCUT2D eigenvalue weighted by Crippen LogP contribution is 2.41. The second kappa shape index (κ2) is 10.8. The molecule has 4 rings (SSSR count). The fourth-order valence-electron chi connectivity index (χ4n) is 6.63. The van der Waals surface area contributed by atoms with E-state index in [1.165, 1.54) is 10.5 Å². The van der Waals surface area contributed by atoms with Gasteiger partial charge in [-0.05, 0) is 37.7 Å². The van der Waals surface area contributed by atoms with Crippen LogP contribution in [0.15, 0.2) is 30.3 Å². The normalized spacial score (nSPS) is 25.5. The Morgan fingerprint density at radius 2 is 1.69 bits per heavy atom. The summed E-state index contributed by atoms with van der Waals surface area (Å²) in [6, 6.07) is 10.0. The third-order valence-electron chi connectivity index (χ3n) is 8.12. The third kappa shape index (κ3) is 5.20. The molecule has 1 spiro atoms. The summed E-state index contributed by atoms with van der Waals surface area (Å²) in [6.45, 7) is 13.2. The lowest BCUT2D eigenvalue weighted by molar-refractivity contribution is -0.137. The van der Waals surface area contributed by atoms with Crippen LogP contribution in [0.2, 0.25) is 0 Å².